The van der Waals surface area contributed by atoms with Gasteiger partial charge in [0, 0.05) is 16.1 Å². The topological polar surface area (TPSA) is 61.6 Å². The molecule has 0 aromatic heterocycles. The van der Waals surface area contributed by atoms with Gasteiger partial charge >= 0.3 is 0 Å². The Morgan fingerprint density at radius 1 is 1.28 bits per heavy atom. The molecule has 2 aromatic carbocycles. The number of hydrogen-bond acceptors (Lipinski definition) is 3. The van der Waals surface area contributed by atoms with E-state index in [0.717, 1.165) is 21.2 Å². The molecule has 0 saturated heterocycles. The van der Waals surface area contributed by atoms with E-state index >= 15 is 0 Å². The van der Waals surface area contributed by atoms with Crippen molar-refractivity contribution in [2.24, 2.45) is 5.73 Å². The molecular formula is C20H20BrNO3. The normalized spacial score (nSPS) is 10.6. The van der Waals surface area contributed by atoms with Crippen LogP contribution in [0.3, 0.4) is 0 Å². The molecule has 0 bridgehead atoms. The lowest BCUT2D eigenvalue weighted by Crippen LogP contribution is -2.05. The molecule has 0 unspecified atom stereocenters. The fourth-order valence-electron chi connectivity index (χ4n) is 2.32. The van der Waals surface area contributed by atoms with E-state index in [9.17, 15) is 4.79 Å². The Morgan fingerprint density at radius 3 is 2.60 bits per heavy atom. The number of carbonyl (C=O) groups is 1. The van der Waals surface area contributed by atoms with Gasteiger partial charge in [0.2, 0.25) is 5.91 Å². The summed E-state index contributed by atoms with van der Waals surface area (Å²) in [4.78, 5) is 10.9. The molecule has 0 radical (unpaired) electrons. The highest BCUT2D eigenvalue weighted by Crippen LogP contribution is 2.34. The number of hydrogen-bond donors (Lipinski definition) is 1. The molecule has 0 spiro atoms. The van der Waals surface area contributed by atoms with Gasteiger partial charge in [-0.1, -0.05) is 34.1 Å². The van der Waals surface area contributed by atoms with Crippen LogP contribution in [0.25, 0.3) is 6.08 Å². The van der Waals surface area contributed by atoms with Gasteiger partial charge in [-0.2, -0.15) is 0 Å². The summed E-state index contributed by atoms with van der Waals surface area (Å²) in [6, 6.07) is 11.7. The maximum atomic E-state index is 10.9. The first kappa shape index (κ1) is 18.8. The minimum Gasteiger partial charge on any atom is -0.493 e. The van der Waals surface area contributed by atoms with Gasteiger partial charge in [0.15, 0.2) is 11.5 Å². The second-order valence-corrected chi connectivity index (χ2v) is 6.27. The van der Waals surface area contributed by atoms with Crippen LogP contribution in [-0.2, 0) is 17.8 Å². The Labute approximate surface area is 156 Å². The summed E-state index contributed by atoms with van der Waals surface area (Å²) in [5.74, 6) is 0.766. The number of allylic oxidation sites excluding steroid dienone is 1. The molecule has 130 valence electrons. The fraction of sp³-hybridized carbons (Fsp3) is 0.150. The van der Waals surface area contributed by atoms with Crippen LogP contribution in [0.1, 0.15) is 16.7 Å². The standard InChI is InChI=1S/C20H20BrNO3/c1-3-4-16-11-15(7-10-19(22)23)12-18(24-2)20(16)25-13-14-5-8-17(21)9-6-14/h3,5-12H,1,4,13H2,2H3,(H2,22,23)/b10-7+. The zero-order chi connectivity index (χ0) is 18.2. The third-order valence-corrected chi connectivity index (χ3v) is 4.00. The highest BCUT2D eigenvalue weighted by molar-refractivity contribution is 9.10. The van der Waals surface area contributed by atoms with Crippen molar-refractivity contribution in [1.82, 2.24) is 0 Å². The average Bonchev–Trinajstić information content (AvgIpc) is 2.60. The number of methoxy groups -OCH3 is 1. The van der Waals surface area contributed by atoms with E-state index in [1.165, 1.54) is 6.08 Å². The monoisotopic (exact) mass is 401 g/mol. The molecule has 0 atom stereocenters. The van der Waals surface area contributed by atoms with Crippen LogP contribution in [0, 0.1) is 0 Å². The lowest BCUT2D eigenvalue weighted by atomic mass is 10.0. The van der Waals surface area contributed by atoms with Crippen molar-refractivity contribution < 1.29 is 14.3 Å². The van der Waals surface area contributed by atoms with Crippen molar-refractivity contribution >= 4 is 27.9 Å². The van der Waals surface area contributed by atoms with E-state index in [1.54, 1.807) is 19.3 Å². The molecular weight excluding hydrogens is 382 g/mol. The molecule has 1 amide bonds. The Bertz CT molecular complexity index is 782. The van der Waals surface area contributed by atoms with Crippen LogP contribution >= 0.6 is 15.9 Å². The third kappa shape index (κ3) is 5.50. The Morgan fingerprint density at radius 2 is 2.00 bits per heavy atom. The minimum absolute atomic E-state index is 0.421. The molecule has 5 heteroatoms. The third-order valence-electron chi connectivity index (χ3n) is 3.47. The molecule has 2 N–H and O–H groups in total. The van der Waals surface area contributed by atoms with E-state index in [1.807, 2.05) is 36.4 Å². The molecule has 4 nitrogen and oxygen atoms in total. The van der Waals surface area contributed by atoms with Crippen molar-refractivity contribution in [1.29, 1.82) is 0 Å². The van der Waals surface area contributed by atoms with Gasteiger partial charge in [0.05, 0.1) is 7.11 Å². The maximum Gasteiger partial charge on any atom is 0.241 e. The number of rotatable bonds is 8. The number of nitrogens with two attached hydrogens (primary N) is 1. The van der Waals surface area contributed by atoms with E-state index in [0.29, 0.717) is 24.5 Å². The van der Waals surface area contributed by atoms with Crippen molar-refractivity contribution in [3.8, 4) is 11.5 Å². The van der Waals surface area contributed by atoms with E-state index in [-0.39, 0.29) is 0 Å². The second-order valence-electron chi connectivity index (χ2n) is 5.36. The molecule has 0 saturated carbocycles. The smallest absolute Gasteiger partial charge is 0.241 e. The molecule has 2 rings (SSSR count). The molecule has 0 aliphatic heterocycles. The summed E-state index contributed by atoms with van der Waals surface area (Å²) >= 11 is 3.42. The number of benzene rings is 2. The lowest BCUT2D eigenvalue weighted by Gasteiger charge is -2.16. The fourth-order valence-corrected chi connectivity index (χ4v) is 2.58. The molecule has 0 heterocycles. The quantitative estimate of drug-likeness (QED) is 0.530. The van der Waals surface area contributed by atoms with Crippen molar-refractivity contribution in [2.45, 2.75) is 13.0 Å². The van der Waals surface area contributed by atoms with E-state index < -0.39 is 5.91 Å². The molecule has 0 aliphatic rings. The van der Waals surface area contributed by atoms with Crippen molar-refractivity contribution in [3.05, 3.63) is 76.3 Å². The van der Waals surface area contributed by atoms with Crippen LogP contribution in [0.5, 0.6) is 11.5 Å². The first-order valence-corrected chi connectivity index (χ1v) is 8.49. The maximum absolute atomic E-state index is 10.9. The Balaban J connectivity index is 2.31. The van der Waals surface area contributed by atoms with Crippen LogP contribution in [0.2, 0.25) is 0 Å². The summed E-state index contributed by atoms with van der Waals surface area (Å²) in [5, 5.41) is 0. The van der Waals surface area contributed by atoms with Gasteiger partial charge in [-0.05, 0) is 47.9 Å². The van der Waals surface area contributed by atoms with Gasteiger partial charge in [-0.25, -0.2) is 0 Å². The lowest BCUT2D eigenvalue weighted by molar-refractivity contribution is -0.113. The van der Waals surface area contributed by atoms with Crippen molar-refractivity contribution in [3.63, 3.8) is 0 Å². The number of amides is 1. The van der Waals surface area contributed by atoms with Crippen molar-refractivity contribution in [2.75, 3.05) is 7.11 Å². The summed E-state index contributed by atoms with van der Waals surface area (Å²) < 4.78 is 12.5. The van der Waals surface area contributed by atoms with Gasteiger partial charge < -0.3 is 15.2 Å². The average molecular weight is 402 g/mol. The zero-order valence-electron chi connectivity index (χ0n) is 14.0. The summed E-state index contributed by atoms with van der Waals surface area (Å²) in [5.41, 5.74) is 7.94. The summed E-state index contributed by atoms with van der Waals surface area (Å²) in [6.07, 6.45) is 5.37. The van der Waals surface area contributed by atoms with E-state index in [4.69, 9.17) is 15.2 Å². The first-order valence-electron chi connectivity index (χ1n) is 7.70. The highest BCUT2D eigenvalue weighted by Gasteiger charge is 2.12. The number of halogens is 1. The molecule has 25 heavy (non-hydrogen) atoms. The molecule has 0 aliphatic carbocycles. The van der Waals surface area contributed by atoms with Crippen LogP contribution in [-0.4, -0.2) is 13.0 Å². The van der Waals surface area contributed by atoms with Crippen LogP contribution < -0.4 is 15.2 Å². The molecule has 2 aromatic rings. The predicted molar refractivity (Wildman–Crippen MR) is 104 cm³/mol. The minimum atomic E-state index is -0.500. The van der Waals surface area contributed by atoms with Gasteiger partial charge in [-0.15, -0.1) is 6.58 Å². The van der Waals surface area contributed by atoms with Gasteiger partial charge in [0.25, 0.3) is 0 Å². The zero-order valence-corrected chi connectivity index (χ0v) is 15.6. The van der Waals surface area contributed by atoms with Crippen LogP contribution in [0.4, 0.5) is 0 Å². The predicted octanol–water partition coefficient (Wildman–Crippen LogP) is 4.26. The summed E-state index contributed by atoms with van der Waals surface area (Å²) in [7, 11) is 1.58. The van der Waals surface area contributed by atoms with Gasteiger partial charge in [-0.3, -0.25) is 4.79 Å². The number of carbonyl (C=O) groups excluding carboxylic acids is 1. The van der Waals surface area contributed by atoms with E-state index in [2.05, 4.69) is 22.5 Å². The second kappa shape index (κ2) is 9.08. The van der Waals surface area contributed by atoms with Crippen LogP contribution in [0.15, 0.2) is 59.6 Å². The summed E-state index contributed by atoms with van der Waals surface area (Å²) in [6.45, 7) is 4.21. The highest BCUT2D eigenvalue weighted by atomic mass is 79.9. The Kier molecular flexibility index (Phi) is 6.83. The molecule has 0 fully saturated rings. The SMILES string of the molecule is C=CCc1cc(/C=C/C(N)=O)cc(OC)c1OCc1ccc(Br)cc1. The Hall–Kier alpha value is -2.53. The number of ether oxygens (including phenoxy) is 2. The largest absolute Gasteiger partial charge is 0.493 e. The van der Waals surface area contributed by atoms with Gasteiger partial charge in [0.1, 0.15) is 6.61 Å². The first-order chi connectivity index (χ1) is 12.0. The number of primary amides is 1.